The number of anilines is 1. The van der Waals surface area contributed by atoms with Crippen LogP contribution in [0.3, 0.4) is 0 Å². The van der Waals surface area contributed by atoms with Gasteiger partial charge >= 0.3 is 0 Å². The van der Waals surface area contributed by atoms with Crippen molar-refractivity contribution in [1.82, 2.24) is 10.2 Å². The van der Waals surface area contributed by atoms with E-state index in [0.29, 0.717) is 18.1 Å². The number of rotatable bonds is 11. The van der Waals surface area contributed by atoms with E-state index in [1.165, 1.54) is 30.3 Å². The number of primary amides is 1. The minimum absolute atomic E-state index is 0.0925. The highest BCUT2D eigenvalue weighted by Gasteiger charge is 2.23. The standard InChI is InChI=1S/C27H28Cl2N4O5S/c28-20-8-9-23(21(29)17-20)38-24-6-2-1-5-22(24)32-39(36,37)25-10-7-18(27(30)35)15-19(25)16-26(34)31-11-14-33-12-3-4-13-33/h1-2,5-10,15,17,32H,3-4,11-14,16H2,(H2,30,35)(H,31,34). The molecule has 12 heteroatoms. The number of halogens is 2. The van der Waals surface area contributed by atoms with Gasteiger partial charge in [-0.15, -0.1) is 0 Å². The summed E-state index contributed by atoms with van der Waals surface area (Å²) in [5, 5.41) is 3.50. The van der Waals surface area contributed by atoms with Gasteiger partial charge in [0, 0.05) is 23.7 Å². The Kier molecular flexibility index (Phi) is 9.34. The number of nitrogens with zero attached hydrogens (tertiary/aromatic N) is 1. The van der Waals surface area contributed by atoms with Gasteiger partial charge in [0.15, 0.2) is 5.75 Å². The smallest absolute Gasteiger partial charge is 0.262 e. The Morgan fingerprint density at radius 2 is 1.72 bits per heavy atom. The molecule has 0 bridgehead atoms. The summed E-state index contributed by atoms with van der Waals surface area (Å²) >= 11 is 12.2. The van der Waals surface area contributed by atoms with E-state index >= 15 is 0 Å². The zero-order valence-corrected chi connectivity index (χ0v) is 23.3. The van der Waals surface area contributed by atoms with Crippen molar-refractivity contribution in [3.05, 3.63) is 81.8 Å². The van der Waals surface area contributed by atoms with Crippen LogP contribution in [0.25, 0.3) is 0 Å². The lowest BCUT2D eigenvalue weighted by atomic mass is 10.1. The number of sulfonamides is 1. The molecule has 0 unspecified atom stereocenters. The Hall–Kier alpha value is -3.31. The first-order valence-corrected chi connectivity index (χ1v) is 14.5. The summed E-state index contributed by atoms with van der Waals surface area (Å²) < 4.78 is 35.4. The molecule has 39 heavy (non-hydrogen) atoms. The van der Waals surface area contributed by atoms with Crippen molar-refractivity contribution in [2.45, 2.75) is 24.2 Å². The van der Waals surface area contributed by atoms with E-state index in [-0.39, 0.29) is 50.6 Å². The van der Waals surface area contributed by atoms with Crippen molar-refractivity contribution in [2.75, 3.05) is 30.9 Å². The molecule has 1 heterocycles. The van der Waals surface area contributed by atoms with Gasteiger partial charge in [-0.3, -0.25) is 14.3 Å². The molecular weight excluding hydrogens is 563 g/mol. The molecule has 2 amide bonds. The molecule has 4 N–H and O–H groups in total. The van der Waals surface area contributed by atoms with Crippen molar-refractivity contribution >= 4 is 50.7 Å². The largest absolute Gasteiger partial charge is 0.454 e. The maximum atomic E-state index is 13.5. The predicted molar refractivity (Wildman–Crippen MR) is 151 cm³/mol. The molecule has 4 rings (SSSR count). The number of nitrogens with one attached hydrogen (secondary N) is 2. The Morgan fingerprint density at radius 3 is 2.44 bits per heavy atom. The summed E-state index contributed by atoms with van der Waals surface area (Å²) in [6.45, 7) is 3.15. The number of hydrogen-bond donors (Lipinski definition) is 3. The zero-order valence-electron chi connectivity index (χ0n) is 21.0. The van der Waals surface area contributed by atoms with E-state index in [1.807, 2.05) is 0 Å². The summed E-state index contributed by atoms with van der Waals surface area (Å²) in [6.07, 6.45) is 2.03. The van der Waals surface area contributed by atoms with Crippen LogP contribution in [0.5, 0.6) is 11.5 Å². The van der Waals surface area contributed by atoms with Gasteiger partial charge in [0.2, 0.25) is 11.8 Å². The Balaban J connectivity index is 1.56. The normalized spacial score (nSPS) is 13.7. The van der Waals surface area contributed by atoms with E-state index in [1.54, 1.807) is 30.3 Å². The summed E-state index contributed by atoms with van der Waals surface area (Å²) in [4.78, 5) is 26.6. The summed E-state index contributed by atoms with van der Waals surface area (Å²) in [7, 11) is -4.22. The molecule has 3 aromatic rings. The van der Waals surface area contributed by atoms with Gasteiger partial charge in [0.1, 0.15) is 5.75 Å². The minimum atomic E-state index is -4.22. The molecule has 9 nitrogen and oxygen atoms in total. The van der Waals surface area contributed by atoms with Gasteiger partial charge in [-0.2, -0.15) is 0 Å². The predicted octanol–water partition coefficient (Wildman–Crippen LogP) is 4.44. The molecule has 0 aliphatic carbocycles. The molecule has 0 radical (unpaired) electrons. The maximum Gasteiger partial charge on any atom is 0.262 e. The monoisotopic (exact) mass is 590 g/mol. The van der Waals surface area contributed by atoms with Gasteiger partial charge in [-0.25, -0.2) is 8.42 Å². The van der Waals surface area contributed by atoms with Crippen LogP contribution in [0.15, 0.2) is 65.6 Å². The summed E-state index contributed by atoms with van der Waals surface area (Å²) in [5.74, 6) is -0.625. The molecule has 1 saturated heterocycles. The zero-order chi connectivity index (χ0) is 28.0. The van der Waals surface area contributed by atoms with E-state index in [2.05, 4.69) is 14.9 Å². The second kappa shape index (κ2) is 12.7. The number of hydrogen-bond acceptors (Lipinski definition) is 6. The molecule has 1 aliphatic rings. The highest BCUT2D eigenvalue weighted by atomic mass is 35.5. The van der Waals surface area contributed by atoms with Crippen molar-refractivity contribution < 1.29 is 22.7 Å². The SMILES string of the molecule is NC(=O)c1ccc(S(=O)(=O)Nc2ccccc2Oc2ccc(Cl)cc2Cl)c(CC(=O)NCCN2CCCC2)c1. The third-order valence-electron chi connectivity index (χ3n) is 6.18. The van der Waals surface area contributed by atoms with Crippen LogP contribution in [-0.2, 0) is 21.2 Å². The molecule has 0 atom stereocenters. The third-order valence-corrected chi connectivity index (χ3v) is 8.18. The van der Waals surface area contributed by atoms with Gasteiger partial charge in [-0.05, 0) is 80.0 Å². The first-order chi connectivity index (χ1) is 18.6. The number of para-hydroxylation sites is 2. The summed E-state index contributed by atoms with van der Waals surface area (Å²) in [5.41, 5.74) is 5.79. The Labute approximate surface area is 237 Å². The number of carbonyl (C=O) groups excluding carboxylic acids is 2. The second-order valence-electron chi connectivity index (χ2n) is 9.04. The molecular formula is C27H28Cl2N4O5S. The molecule has 0 spiro atoms. The molecule has 1 aliphatic heterocycles. The van der Waals surface area contributed by atoms with Crippen molar-refractivity contribution in [3.8, 4) is 11.5 Å². The highest BCUT2D eigenvalue weighted by molar-refractivity contribution is 7.92. The number of likely N-dealkylation sites (tertiary alicyclic amines) is 1. The molecule has 206 valence electrons. The first kappa shape index (κ1) is 28.7. The van der Waals surface area contributed by atoms with Crippen LogP contribution < -0.4 is 20.5 Å². The fourth-order valence-electron chi connectivity index (χ4n) is 4.24. The van der Waals surface area contributed by atoms with Crippen molar-refractivity contribution in [3.63, 3.8) is 0 Å². The lowest BCUT2D eigenvalue weighted by Gasteiger charge is -2.17. The number of benzene rings is 3. The van der Waals surface area contributed by atoms with Crippen LogP contribution in [0.1, 0.15) is 28.8 Å². The average Bonchev–Trinajstić information content (AvgIpc) is 3.40. The van der Waals surface area contributed by atoms with Gasteiger partial charge in [0.25, 0.3) is 10.0 Å². The number of amides is 2. The van der Waals surface area contributed by atoms with E-state index in [9.17, 15) is 18.0 Å². The van der Waals surface area contributed by atoms with Gasteiger partial charge in [0.05, 0.1) is 22.0 Å². The van der Waals surface area contributed by atoms with Crippen LogP contribution in [0, 0.1) is 0 Å². The first-order valence-electron chi connectivity index (χ1n) is 12.3. The quantitative estimate of drug-likeness (QED) is 0.302. The van der Waals surface area contributed by atoms with E-state index in [0.717, 1.165) is 25.9 Å². The Morgan fingerprint density at radius 1 is 0.974 bits per heavy atom. The van der Waals surface area contributed by atoms with E-state index < -0.39 is 15.9 Å². The molecule has 0 saturated carbocycles. The van der Waals surface area contributed by atoms with Crippen LogP contribution in [0.4, 0.5) is 5.69 Å². The lowest BCUT2D eigenvalue weighted by Crippen LogP contribution is -2.34. The topological polar surface area (TPSA) is 131 Å². The minimum Gasteiger partial charge on any atom is -0.454 e. The van der Waals surface area contributed by atoms with E-state index in [4.69, 9.17) is 33.7 Å². The van der Waals surface area contributed by atoms with Crippen LogP contribution in [-0.4, -0.2) is 51.3 Å². The number of carbonyl (C=O) groups is 2. The average molecular weight is 592 g/mol. The molecule has 0 aromatic heterocycles. The number of ether oxygens (including phenoxy) is 1. The van der Waals surface area contributed by atoms with Crippen molar-refractivity contribution in [2.24, 2.45) is 5.73 Å². The fraction of sp³-hybridized carbons (Fsp3) is 0.259. The van der Waals surface area contributed by atoms with Crippen molar-refractivity contribution in [1.29, 1.82) is 0 Å². The fourth-order valence-corrected chi connectivity index (χ4v) is 5.98. The number of nitrogens with two attached hydrogens (primary N) is 1. The van der Waals surface area contributed by atoms with Crippen LogP contribution >= 0.6 is 23.2 Å². The highest BCUT2D eigenvalue weighted by Crippen LogP contribution is 2.36. The van der Waals surface area contributed by atoms with Gasteiger partial charge in [-0.1, -0.05) is 35.3 Å². The van der Waals surface area contributed by atoms with Crippen LogP contribution in [0.2, 0.25) is 10.0 Å². The lowest BCUT2D eigenvalue weighted by molar-refractivity contribution is -0.120. The molecule has 1 fully saturated rings. The second-order valence-corrected chi connectivity index (χ2v) is 11.5. The molecule has 3 aromatic carbocycles. The Bertz CT molecular complexity index is 1480. The van der Waals surface area contributed by atoms with Gasteiger partial charge < -0.3 is 20.7 Å². The third kappa shape index (κ3) is 7.63. The summed E-state index contributed by atoms with van der Waals surface area (Å²) in [6, 6.07) is 15.0. The maximum absolute atomic E-state index is 13.5.